The predicted octanol–water partition coefficient (Wildman–Crippen LogP) is 2.51. The van der Waals surface area contributed by atoms with Crippen LogP contribution in [0.3, 0.4) is 0 Å². The van der Waals surface area contributed by atoms with E-state index < -0.39 is 0 Å². The van der Waals surface area contributed by atoms with Gasteiger partial charge in [0.15, 0.2) is 0 Å². The van der Waals surface area contributed by atoms with Gasteiger partial charge in [0, 0.05) is 12.7 Å². The summed E-state index contributed by atoms with van der Waals surface area (Å²) >= 11 is 3.33. The summed E-state index contributed by atoms with van der Waals surface area (Å²) in [5.74, 6) is 0.0477. The first kappa shape index (κ1) is 13.2. The van der Waals surface area contributed by atoms with E-state index in [-0.39, 0.29) is 11.9 Å². The summed E-state index contributed by atoms with van der Waals surface area (Å²) in [4.78, 5) is 11.9. The molecule has 0 spiro atoms. The Morgan fingerprint density at radius 3 is 2.88 bits per heavy atom. The maximum atomic E-state index is 11.9. The minimum absolute atomic E-state index is 0.0477. The molecule has 4 nitrogen and oxygen atoms in total. The molecule has 16 heavy (non-hydrogen) atoms. The van der Waals surface area contributed by atoms with Gasteiger partial charge < -0.3 is 5.32 Å². The van der Waals surface area contributed by atoms with Gasteiger partial charge in [0.05, 0.1) is 10.7 Å². The lowest BCUT2D eigenvalue weighted by atomic mass is 10.2. The van der Waals surface area contributed by atoms with Gasteiger partial charge in [0.2, 0.25) is 5.91 Å². The quantitative estimate of drug-likeness (QED) is 0.818. The zero-order valence-corrected chi connectivity index (χ0v) is 11.3. The summed E-state index contributed by atoms with van der Waals surface area (Å²) in [7, 11) is 0. The maximum absolute atomic E-state index is 11.9. The molecule has 90 valence electrons. The molecular weight excluding hydrogens is 270 g/mol. The summed E-state index contributed by atoms with van der Waals surface area (Å²) in [5, 5.41) is 7.07. The number of nitrogens with one attached hydrogen (secondary N) is 1. The van der Waals surface area contributed by atoms with Gasteiger partial charge in [-0.15, -0.1) is 0 Å². The molecule has 1 rings (SSSR count). The Kier molecular flexibility index (Phi) is 5.52. The van der Waals surface area contributed by atoms with E-state index in [0.29, 0.717) is 0 Å². The molecule has 0 saturated heterocycles. The van der Waals surface area contributed by atoms with Gasteiger partial charge in [-0.3, -0.25) is 9.48 Å². The van der Waals surface area contributed by atoms with E-state index in [2.05, 4.69) is 33.3 Å². The fourth-order valence-electron chi connectivity index (χ4n) is 1.48. The third kappa shape index (κ3) is 3.63. The van der Waals surface area contributed by atoms with Crippen molar-refractivity contribution in [2.75, 3.05) is 6.54 Å². The molecular formula is C11H18BrN3O. The molecule has 0 fully saturated rings. The second kappa shape index (κ2) is 6.68. The van der Waals surface area contributed by atoms with Crippen molar-refractivity contribution in [2.24, 2.45) is 0 Å². The molecule has 0 aliphatic carbocycles. The lowest BCUT2D eigenvalue weighted by Gasteiger charge is -2.15. The number of unbranched alkanes of at least 4 members (excludes halogenated alkanes) is 1. The Morgan fingerprint density at radius 1 is 1.62 bits per heavy atom. The van der Waals surface area contributed by atoms with Gasteiger partial charge in [-0.1, -0.05) is 20.3 Å². The van der Waals surface area contributed by atoms with Crippen molar-refractivity contribution in [1.29, 1.82) is 0 Å². The zero-order chi connectivity index (χ0) is 12.0. The molecule has 1 aromatic heterocycles. The van der Waals surface area contributed by atoms with Crippen LogP contribution in [0.2, 0.25) is 0 Å². The standard InChI is InChI=1S/C11H18BrN3O/c1-3-5-6-13-11(16)10(4-2)15-8-9(12)7-14-15/h7-8,10H,3-6H2,1-2H3,(H,13,16). The molecule has 1 atom stereocenters. The van der Waals surface area contributed by atoms with E-state index in [1.54, 1.807) is 10.9 Å². The number of rotatable bonds is 6. The smallest absolute Gasteiger partial charge is 0.244 e. The molecule has 0 radical (unpaired) electrons. The highest BCUT2D eigenvalue weighted by molar-refractivity contribution is 9.10. The molecule has 1 N–H and O–H groups in total. The number of nitrogens with zero attached hydrogens (tertiary/aromatic N) is 2. The highest BCUT2D eigenvalue weighted by Gasteiger charge is 2.18. The normalized spacial score (nSPS) is 12.4. The summed E-state index contributed by atoms with van der Waals surface area (Å²) < 4.78 is 2.60. The highest BCUT2D eigenvalue weighted by Crippen LogP contribution is 2.14. The van der Waals surface area contributed by atoms with Crippen molar-refractivity contribution >= 4 is 21.8 Å². The molecule has 1 unspecified atom stereocenters. The van der Waals surface area contributed by atoms with Crippen LogP contribution < -0.4 is 5.32 Å². The van der Waals surface area contributed by atoms with Gasteiger partial charge >= 0.3 is 0 Å². The molecule has 0 aliphatic rings. The van der Waals surface area contributed by atoms with Crippen LogP contribution in [-0.4, -0.2) is 22.2 Å². The first-order valence-electron chi connectivity index (χ1n) is 5.66. The Hall–Kier alpha value is -0.840. The molecule has 1 amide bonds. The van der Waals surface area contributed by atoms with Crippen molar-refractivity contribution in [2.45, 2.75) is 39.2 Å². The number of hydrogen-bond acceptors (Lipinski definition) is 2. The summed E-state index contributed by atoms with van der Waals surface area (Å²) in [6, 6.07) is -0.205. The summed E-state index contributed by atoms with van der Waals surface area (Å²) in [6.07, 6.45) is 6.37. The monoisotopic (exact) mass is 287 g/mol. The minimum Gasteiger partial charge on any atom is -0.354 e. The first-order valence-corrected chi connectivity index (χ1v) is 6.45. The van der Waals surface area contributed by atoms with Crippen molar-refractivity contribution in [3.05, 3.63) is 16.9 Å². The van der Waals surface area contributed by atoms with Gasteiger partial charge in [-0.2, -0.15) is 5.10 Å². The second-order valence-electron chi connectivity index (χ2n) is 3.71. The van der Waals surface area contributed by atoms with Crippen LogP contribution in [-0.2, 0) is 4.79 Å². The summed E-state index contributed by atoms with van der Waals surface area (Å²) in [5.41, 5.74) is 0. The van der Waals surface area contributed by atoms with Gasteiger partial charge in [-0.05, 0) is 28.8 Å². The molecule has 0 bridgehead atoms. The number of halogens is 1. The Balaban J connectivity index is 2.56. The largest absolute Gasteiger partial charge is 0.354 e. The molecule has 0 saturated carbocycles. The van der Waals surface area contributed by atoms with Crippen molar-refractivity contribution < 1.29 is 4.79 Å². The van der Waals surface area contributed by atoms with Crippen LogP contribution in [0.4, 0.5) is 0 Å². The van der Waals surface area contributed by atoms with Gasteiger partial charge in [-0.25, -0.2) is 0 Å². The average molecular weight is 288 g/mol. The van der Waals surface area contributed by atoms with Crippen molar-refractivity contribution in [3.63, 3.8) is 0 Å². The van der Waals surface area contributed by atoms with Crippen LogP contribution in [0.25, 0.3) is 0 Å². The van der Waals surface area contributed by atoms with E-state index in [9.17, 15) is 4.79 Å². The Morgan fingerprint density at radius 2 is 2.38 bits per heavy atom. The van der Waals surface area contributed by atoms with E-state index in [4.69, 9.17) is 0 Å². The SMILES string of the molecule is CCCCNC(=O)C(CC)n1cc(Br)cn1. The molecule has 1 heterocycles. The van der Waals surface area contributed by atoms with Crippen LogP contribution >= 0.6 is 15.9 Å². The number of hydrogen-bond donors (Lipinski definition) is 1. The van der Waals surface area contributed by atoms with Crippen molar-refractivity contribution in [1.82, 2.24) is 15.1 Å². The topological polar surface area (TPSA) is 46.9 Å². The Labute approximate surface area is 105 Å². The number of carbonyl (C=O) groups is 1. The zero-order valence-electron chi connectivity index (χ0n) is 9.74. The highest BCUT2D eigenvalue weighted by atomic mass is 79.9. The average Bonchev–Trinajstić information content (AvgIpc) is 2.66. The third-order valence-electron chi connectivity index (χ3n) is 2.41. The number of carbonyl (C=O) groups excluding carboxylic acids is 1. The molecule has 0 aliphatic heterocycles. The van der Waals surface area contributed by atoms with E-state index >= 15 is 0 Å². The fraction of sp³-hybridized carbons (Fsp3) is 0.636. The predicted molar refractivity (Wildman–Crippen MR) is 67.2 cm³/mol. The molecule has 1 aromatic rings. The first-order chi connectivity index (χ1) is 7.69. The lowest BCUT2D eigenvalue weighted by molar-refractivity contribution is -0.124. The number of amides is 1. The van der Waals surface area contributed by atoms with E-state index in [1.807, 2.05) is 13.1 Å². The lowest BCUT2D eigenvalue weighted by Crippen LogP contribution is -2.33. The minimum atomic E-state index is -0.205. The van der Waals surface area contributed by atoms with E-state index in [1.165, 1.54) is 0 Å². The van der Waals surface area contributed by atoms with Crippen LogP contribution in [0.15, 0.2) is 16.9 Å². The fourth-order valence-corrected chi connectivity index (χ4v) is 1.79. The van der Waals surface area contributed by atoms with Gasteiger partial charge in [0.1, 0.15) is 6.04 Å². The van der Waals surface area contributed by atoms with Crippen LogP contribution in [0.1, 0.15) is 39.2 Å². The van der Waals surface area contributed by atoms with Crippen molar-refractivity contribution in [3.8, 4) is 0 Å². The maximum Gasteiger partial charge on any atom is 0.244 e. The summed E-state index contributed by atoms with van der Waals surface area (Å²) in [6.45, 7) is 4.84. The number of aromatic nitrogens is 2. The van der Waals surface area contributed by atoms with Gasteiger partial charge in [0.25, 0.3) is 0 Å². The molecule has 0 aromatic carbocycles. The Bertz CT molecular complexity index is 338. The second-order valence-corrected chi connectivity index (χ2v) is 4.62. The van der Waals surface area contributed by atoms with Crippen LogP contribution in [0.5, 0.6) is 0 Å². The van der Waals surface area contributed by atoms with E-state index in [0.717, 1.165) is 30.3 Å². The third-order valence-corrected chi connectivity index (χ3v) is 2.82. The molecule has 5 heteroatoms. The van der Waals surface area contributed by atoms with Crippen LogP contribution in [0, 0.1) is 0 Å².